The van der Waals surface area contributed by atoms with E-state index in [-0.39, 0.29) is 5.91 Å². The topological polar surface area (TPSA) is 41.6 Å². The van der Waals surface area contributed by atoms with Gasteiger partial charge in [0.15, 0.2) is 0 Å². The van der Waals surface area contributed by atoms with Gasteiger partial charge in [0.1, 0.15) is 0 Å². The number of nitrogens with one attached hydrogen (secondary N) is 1. The molecule has 0 saturated heterocycles. The van der Waals surface area contributed by atoms with E-state index in [1.807, 2.05) is 13.1 Å². The Morgan fingerprint density at radius 3 is 3.00 bits per heavy atom. The van der Waals surface area contributed by atoms with Crippen molar-refractivity contribution in [2.75, 3.05) is 25.8 Å². The highest BCUT2D eigenvalue weighted by atomic mass is 16.5. The largest absolute Gasteiger partial charge is 0.370 e. The Morgan fingerprint density at radius 2 is 2.24 bits per heavy atom. The summed E-state index contributed by atoms with van der Waals surface area (Å²) in [7, 11) is 3.50. The maximum atomic E-state index is 11.5. The number of aryl methyl sites for hydroxylation is 1. The summed E-state index contributed by atoms with van der Waals surface area (Å²) in [5.74, 6) is 0.197. The smallest absolute Gasteiger partial charge is 0.227 e. The van der Waals surface area contributed by atoms with Crippen molar-refractivity contribution in [1.29, 1.82) is 0 Å². The van der Waals surface area contributed by atoms with Crippen LogP contribution in [0.4, 0.5) is 5.69 Å². The lowest BCUT2D eigenvalue weighted by molar-refractivity contribution is -0.118. The zero-order chi connectivity index (χ0) is 12.3. The Hall–Kier alpha value is -1.39. The minimum absolute atomic E-state index is 0.197. The molecule has 4 heteroatoms. The van der Waals surface area contributed by atoms with E-state index in [9.17, 15) is 4.79 Å². The van der Waals surface area contributed by atoms with Gasteiger partial charge in [0, 0.05) is 32.8 Å². The molecule has 0 radical (unpaired) electrons. The van der Waals surface area contributed by atoms with Crippen molar-refractivity contribution >= 4 is 11.6 Å². The third-order valence-electron chi connectivity index (χ3n) is 3.06. The highest BCUT2D eigenvalue weighted by Crippen LogP contribution is 2.27. The summed E-state index contributed by atoms with van der Waals surface area (Å²) in [4.78, 5) is 13.3. The lowest BCUT2D eigenvalue weighted by Crippen LogP contribution is -2.31. The SMILES string of the molecule is COCNCc1ccc2c(c1)CCC(=O)N2C. The quantitative estimate of drug-likeness (QED) is 0.630. The fourth-order valence-electron chi connectivity index (χ4n) is 2.12. The second-order valence-electron chi connectivity index (χ2n) is 4.28. The molecule has 0 unspecified atom stereocenters. The van der Waals surface area contributed by atoms with Crippen LogP contribution >= 0.6 is 0 Å². The summed E-state index contributed by atoms with van der Waals surface area (Å²) < 4.78 is 4.94. The summed E-state index contributed by atoms with van der Waals surface area (Å²) >= 11 is 0. The average molecular weight is 234 g/mol. The summed E-state index contributed by atoms with van der Waals surface area (Å²) in [6.07, 6.45) is 1.45. The van der Waals surface area contributed by atoms with Crippen LogP contribution in [0.25, 0.3) is 0 Å². The van der Waals surface area contributed by atoms with Gasteiger partial charge in [-0.2, -0.15) is 0 Å². The first-order chi connectivity index (χ1) is 8.22. The molecule has 1 aliphatic rings. The molecule has 1 aromatic rings. The maximum absolute atomic E-state index is 11.5. The van der Waals surface area contributed by atoms with E-state index in [0.717, 1.165) is 18.7 Å². The third kappa shape index (κ3) is 2.65. The van der Waals surface area contributed by atoms with Gasteiger partial charge in [-0.3, -0.25) is 10.1 Å². The van der Waals surface area contributed by atoms with Crippen molar-refractivity contribution in [3.8, 4) is 0 Å². The van der Waals surface area contributed by atoms with Gasteiger partial charge in [0.05, 0.1) is 6.73 Å². The molecular weight excluding hydrogens is 216 g/mol. The number of ether oxygens (including phenoxy) is 1. The van der Waals surface area contributed by atoms with Gasteiger partial charge in [-0.25, -0.2) is 0 Å². The molecule has 4 nitrogen and oxygen atoms in total. The number of carbonyl (C=O) groups is 1. The minimum atomic E-state index is 0.197. The first-order valence-corrected chi connectivity index (χ1v) is 5.80. The van der Waals surface area contributed by atoms with Crippen molar-refractivity contribution in [3.05, 3.63) is 29.3 Å². The zero-order valence-corrected chi connectivity index (χ0v) is 10.3. The summed E-state index contributed by atoms with van der Waals surface area (Å²) in [5, 5.41) is 3.18. The summed E-state index contributed by atoms with van der Waals surface area (Å²) in [5.41, 5.74) is 3.52. The van der Waals surface area contributed by atoms with Crippen LogP contribution in [0.2, 0.25) is 0 Å². The first kappa shape index (κ1) is 12.1. The van der Waals surface area contributed by atoms with Crippen LogP contribution in [0.3, 0.4) is 0 Å². The highest BCUT2D eigenvalue weighted by Gasteiger charge is 2.20. The van der Waals surface area contributed by atoms with E-state index in [2.05, 4.69) is 17.4 Å². The van der Waals surface area contributed by atoms with Crippen LogP contribution in [0.15, 0.2) is 18.2 Å². The van der Waals surface area contributed by atoms with Crippen LogP contribution in [0.5, 0.6) is 0 Å². The molecule has 0 saturated carbocycles. The van der Waals surface area contributed by atoms with Gasteiger partial charge in [-0.05, 0) is 23.6 Å². The van der Waals surface area contributed by atoms with E-state index in [0.29, 0.717) is 13.2 Å². The van der Waals surface area contributed by atoms with Crippen LogP contribution in [0.1, 0.15) is 17.5 Å². The van der Waals surface area contributed by atoms with E-state index in [1.165, 1.54) is 11.1 Å². The predicted molar refractivity (Wildman–Crippen MR) is 66.9 cm³/mol. The molecule has 0 spiro atoms. The monoisotopic (exact) mass is 234 g/mol. The molecule has 1 N–H and O–H groups in total. The fourth-order valence-corrected chi connectivity index (χ4v) is 2.12. The molecule has 92 valence electrons. The second-order valence-corrected chi connectivity index (χ2v) is 4.28. The Morgan fingerprint density at radius 1 is 1.41 bits per heavy atom. The number of nitrogens with zero attached hydrogens (tertiary/aromatic N) is 1. The van der Waals surface area contributed by atoms with Gasteiger partial charge in [-0.15, -0.1) is 0 Å². The Bertz CT molecular complexity index is 418. The van der Waals surface area contributed by atoms with Gasteiger partial charge < -0.3 is 9.64 Å². The fraction of sp³-hybridized carbons (Fsp3) is 0.462. The minimum Gasteiger partial charge on any atom is -0.370 e. The Labute approximate surface area is 102 Å². The van der Waals surface area contributed by atoms with Crippen LogP contribution in [0, 0.1) is 0 Å². The van der Waals surface area contributed by atoms with E-state index >= 15 is 0 Å². The van der Waals surface area contributed by atoms with E-state index in [4.69, 9.17) is 4.74 Å². The van der Waals surface area contributed by atoms with Crippen LogP contribution in [-0.2, 0) is 22.5 Å². The summed E-state index contributed by atoms with van der Waals surface area (Å²) in [6.45, 7) is 1.34. The van der Waals surface area contributed by atoms with Crippen molar-refractivity contribution < 1.29 is 9.53 Å². The predicted octanol–water partition coefficient (Wildman–Crippen LogP) is 1.29. The van der Waals surface area contributed by atoms with Crippen molar-refractivity contribution in [2.45, 2.75) is 19.4 Å². The van der Waals surface area contributed by atoms with E-state index < -0.39 is 0 Å². The van der Waals surface area contributed by atoms with Crippen molar-refractivity contribution in [3.63, 3.8) is 0 Å². The molecule has 1 amide bonds. The molecule has 1 heterocycles. The Balaban J connectivity index is 2.12. The van der Waals surface area contributed by atoms with Gasteiger partial charge in [0.25, 0.3) is 0 Å². The van der Waals surface area contributed by atoms with Gasteiger partial charge in [0.2, 0.25) is 5.91 Å². The van der Waals surface area contributed by atoms with E-state index in [1.54, 1.807) is 12.0 Å². The molecular formula is C13H18N2O2. The lowest BCUT2D eigenvalue weighted by atomic mass is 9.99. The number of anilines is 1. The molecule has 0 aromatic heterocycles. The Kier molecular flexibility index (Phi) is 3.76. The molecule has 0 aliphatic carbocycles. The number of amides is 1. The lowest BCUT2D eigenvalue weighted by Gasteiger charge is -2.26. The molecule has 1 aliphatic heterocycles. The van der Waals surface area contributed by atoms with Crippen molar-refractivity contribution in [1.82, 2.24) is 5.32 Å². The summed E-state index contributed by atoms with van der Waals surface area (Å²) in [6, 6.07) is 6.24. The number of methoxy groups -OCH3 is 1. The van der Waals surface area contributed by atoms with Crippen LogP contribution < -0.4 is 10.2 Å². The van der Waals surface area contributed by atoms with Crippen molar-refractivity contribution in [2.24, 2.45) is 0 Å². The molecule has 17 heavy (non-hydrogen) atoms. The zero-order valence-electron chi connectivity index (χ0n) is 10.3. The molecule has 0 bridgehead atoms. The first-order valence-electron chi connectivity index (χ1n) is 5.80. The third-order valence-corrected chi connectivity index (χ3v) is 3.06. The molecule has 1 aromatic carbocycles. The standard InChI is InChI=1S/C13H18N2O2/c1-15-12-5-3-10(8-14-9-17-2)7-11(12)4-6-13(15)16/h3,5,7,14H,4,6,8-9H2,1-2H3. The van der Waals surface area contributed by atoms with Gasteiger partial charge in [-0.1, -0.05) is 12.1 Å². The number of fused-ring (bicyclic) bond motifs is 1. The number of hydrogen-bond acceptors (Lipinski definition) is 3. The highest BCUT2D eigenvalue weighted by molar-refractivity contribution is 5.95. The number of benzene rings is 1. The normalized spacial score (nSPS) is 14.9. The second kappa shape index (κ2) is 5.29. The molecule has 0 fully saturated rings. The molecule has 0 atom stereocenters. The molecule has 2 rings (SSSR count). The van der Waals surface area contributed by atoms with Crippen LogP contribution in [-0.4, -0.2) is 26.8 Å². The number of carbonyl (C=O) groups excluding carboxylic acids is 1. The average Bonchev–Trinajstić information content (AvgIpc) is 2.34. The van der Waals surface area contributed by atoms with Gasteiger partial charge >= 0.3 is 0 Å². The number of hydrogen-bond donors (Lipinski definition) is 1. The maximum Gasteiger partial charge on any atom is 0.227 e. The number of rotatable bonds is 4.